The maximum absolute atomic E-state index is 9.61. The molecule has 0 radical (unpaired) electrons. The van der Waals surface area contributed by atoms with Crippen molar-refractivity contribution in [1.29, 1.82) is 5.26 Å². The Bertz CT molecular complexity index is 749. The Kier molecular flexibility index (Phi) is 3.66. The lowest BCUT2D eigenvalue weighted by atomic mass is 9.92. The van der Waals surface area contributed by atoms with Crippen molar-refractivity contribution < 1.29 is 0 Å². The van der Waals surface area contributed by atoms with Crippen molar-refractivity contribution in [2.24, 2.45) is 7.05 Å². The molecule has 0 spiro atoms. The van der Waals surface area contributed by atoms with Crippen LogP contribution in [0, 0.1) is 18.3 Å². The lowest BCUT2D eigenvalue weighted by Gasteiger charge is -2.35. The van der Waals surface area contributed by atoms with Crippen molar-refractivity contribution in [3.05, 3.63) is 35.2 Å². The van der Waals surface area contributed by atoms with Crippen LogP contribution in [0.15, 0.2) is 18.3 Å². The molecule has 114 valence electrons. The second kappa shape index (κ2) is 5.49. The van der Waals surface area contributed by atoms with Crippen LogP contribution in [0.4, 0.5) is 5.69 Å². The van der Waals surface area contributed by atoms with Gasteiger partial charge < -0.3 is 4.90 Å². The summed E-state index contributed by atoms with van der Waals surface area (Å²) < 4.78 is 1.86. The van der Waals surface area contributed by atoms with Crippen LogP contribution in [-0.2, 0) is 13.5 Å². The van der Waals surface area contributed by atoms with Gasteiger partial charge in [0.15, 0.2) is 0 Å². The van der Waals surface area contributed by atoms with Crippen molar-refractivity contribution in [2.75, 3.05) is 11.4 Å². The van der Waals surface area contributed by atoms with Gasteiger partial charge in [0.1, 0.15) is 0 Å². The molecule has 2 aromatic rings. The van der Waals surface area contributed by atoms with Gasteiger partial charge in [-0.15, -0.1) is 0 Å². The number of benzene rings is 1. The van der Waals surface area contributed by atoms with Gasteiger partial charge in [-0.05, 0) is 51.3 Å². The lowest BCUT2D eigenvalue weighted by Crippen LogP contribution is -2.35. The van der Waals surface area contributed by atoms with Crippen LogP contribution in [0.5, 0.6) is 0 Å². The maximum Gasteiger partial charge on any atom is 0.0998 e. The zero-order valence-corrected chi connectivity index (χ0v) is 13.7. The molecule has 0 N–H and O–H groups in total. The first kappa shape index (κ1) is 14.6. The van der Waals surface area contributed by atoms with Gasteiger partial charge >= 0.3 is 0 Å². The molecule has 0 fully saturated rings. The minimum absolute atomic E-state index is 0.455. The summed E-state index contributed by atoms with van der Waals surface area (Å²) >= 11 is 0. The van der Waals surface area contributed by atoms with E-state index in [9.17, 15) is 5.26 Å². The van der Waals surface area contributed by atoms with Gasteiger partial charge in [-0.3, -0.25) is 4.68 Å². The van der Waals surface area contributed by atoms with E-state index in [4.69, 9.17) is 0 Å². The second-order valence-corrected chi connectivity index (χ2v) is 6.30. The number of hydrogen-bond acceptors (Lipinski definition) is 3. The van der Waals surface area contributed by atoms with E-state index >= 15 is 0 Å². The molecule has 22 heavy (non-hydrogen) atoms. The maximum atomic E-state index is 9.61. The molecule has 0 unspecified atom stereocenters. The number of rotatable bonds is 2. The average Bonchev–Trinajstić information content (AvgIpc) is 2.84. The molecular formula is C18H22N4. The van der Waals surface area contributed by atoms with Gasteiger partial charge in [-0.1, -0.05) is 0 Å². The molecule has 0 aliphatic carbocycles. The summed E-state index contributed by atoms with van der Waals surface area (Å²) in [5, 5.41) is 13.9. The first-order valence-corrected chi connectivity index (χ1v) is 7.85. The second-order valence-electron chi connectivity index (χ2n) is 6.30. The molecule has 4 heteroatoms. The van der Waals surface area contributed by atoms with Gasteiger partial charge in [0, 0.05) is 42.1 Å². The van der Waals surface area contributed by atoms with E-state index in [2.05, 4.69) is 42.0 Å². The molecule has 0 atom stereocenters. The lowest BCUT2D eigenvalue weighted by molar-refractivity contribution is 0.625. The third-order valence-corrected chi connectivity index (χ3v) is 4.64. The third kappa shape index (κ3) is 2.27. The Balaban J connectivity index is 2.18. The molecule has 1 aliphatic rings. The van der Waals surface area contributed by atoms with Crippen molar-refractivity contribution in [1.82, 2.24) is 9.78 Å². The number of fused-ring (bicyclic) bond motifs is 1. The Morgan fingerprint density at radius 2 is 2.05 bits per heavy atom. The summed E-state index contributed by atoms with van der Waals surface area (Å²) in [6.07, 6.45) is 4.11. The highest BCUT2D eigenvalue weighted by Crippen LogP contribution is 2.36. The van der Waals surface area contributed by atoms with Crippen LogP contribution in [0.25, 0.3) is 11.1 Å². The fraction of sp³-hybridized carbons (Fsp3) is 0.444. The molecule has 1 aliphatic heterocycles. The Hall–Kier alpha value is -2.28. The SMILES string of the molecule is Cc1c(-c2cc3c(cc2C#N)N(C(C)C)CCC3)cnn1C. The molecule has 1 aromatic heterocycles. The quantitative estimate of drug-likeness (QED) is 0.852. The summed E-state index contributed by atoms with van der Waals surface area (Å²) in [4.78, 5) is 2.40. The van der Waals surface area contributed by atoms with E-state index in [0.717, 1.165) is 35.3 Å². The highest BCUT2D eigenvalue weighted by atomic mass is 15.3. The Morgan fingerprint density at radius 1 is 1.27 bits per heavy atom. The highest BCUT2D eigenvalue weighted by Gasteiger charge is 2.22. The van der Waals surface area contributed by atoms with Crippen LogP contribution in [-0.4, -0.2) is 22.4 Å². The van der Waals surface area contributed by atoms with Crippen LogP contribution >= 0.6 is 0 Å². The van der Waals surface area contributed by atoms with Gasteiger partial charge in [-0.2, -0.15) is 10.4 Å². The van der Waals surface area contributed by atoms with Crippen molar-refractivity contribution in [2.45, 2.75) is 39.7 Å². The summed E-state index contributed by atoms with van der Waals surface area (Å²) in [6.45, 7) is 7.53. The topological polar surface area (TPSA) is 44.9 Å². The standard InChI is InChI=1S/C18H22N4/c1-12(2)22-7-5-6-14-8-16(15(10-19)9-18(14)22)17-11-20-21(4)13(17)3/h8-9,11-12H,5-7H2,1-4H3. The fourth-order valence-corrected chi connectivity index (χ4v) is 3.28. The van der Waals surface area contributed by atoms with Gasteiger partial charge in [-0.25, -0.2) is 0 Å². The summed E-state index contributed by atoms with van der Waals surface area (Å²) in [7, 11) is 1.93. The van der Waals surface area contributed by atoms with Crippen LogP contribution in [0.1, 0.15) is 37.1 Å². The van der Waals surface area contributed by atoms with E-state index < -0.39 is 0 Å². The normalized spacial score (nSPS) is 14.1. The predicted octanol–water partition coefficient (Wildman–Crippen LogP) is 3.43. The largest absolute Gasteiger partial charge is 0.369 e. The Labute approximate surface area is 132 Å². The van der Waals surface area contributed by atoms with Gasteiger partial charge in [0.2, 0.25) is 0 Å². The molecule has 4 nitrogen and oxygen atoms in total. The number of nitrogens with zero attached hydrogens (tertiary/aromatic N) is 4. The Morgan fingerprint density at radius 3 is 2.64 bits per heavy atom. The van der Waals surface area contributed by atoms with Crippen molar-refractivity contribution in [3.63, 3.8) is 0 Å². The van der Waals surface area contributed by atoms with Gasteiger partial charge in [0.25, 0.3) is 0 Å². The number of hydrogen-bond donors (Lipinski definition) is 0. The fourth-order valence-electron chi connectivity index (χ4n) is 3.28. The van der Waals surface area contributed by atoms with Crippen LogP contribution in [0.2, 0.25) is 0 Å². The van der Waals surface area contributed by atoms with Crippen molar-refractivity contribution in [3.8, 4) is 17.2 Å². The first-order chi connectivity index (χ1) is 10.5. The van der Waals surface area contributed by atoms with E-state index in [-0.39, 0.29) is 0 Å². The minimum atomic E-state index is 0.455. The average molecular weight is 294 g/mol. The first-order valence-electron chi connectivity index (χ1n) is 7.85. The molecule has 3 rings (SSSR count). The molecule has 0 bridgehead atoms. The molecule has 0 saturated carbocycles. The third-order valence-electron chi connectivity index (χ3n) is 4.64. The van der Waals surface area contributed by atoms with Gasteiger partial charge in [0.05, 0.1) is 17.8 Å². The number of nitriles is 1. The van der Waals surface area contributed by atoms with E-state index in [0.29, 0.717) is 6.04 Å². The van der Waals surface area contributed by atoms with Crippen LogP contribution in [0.3, 0.4) is 0 Å². The van der Waals surface area contributed by atoms with E-state index in [1.54, 1.807) is 0 Å². The summed E-state index contributed by atoms with van der Waals surface area (Å²) in [5.74, 6) is 0. The molecule has 0 amide bonds. The molecule has 2 heterocycles. The minimum Gasteiger partial charge on any atom is -0.369 e. The van der Waals surface area contributed by atoms with E-state index in [1.165, 1.54) is 17.7 Å². The van der Waals surface area contributed by atoms with Crippen LogP contribution < -0.4 is 4.90 Å². The number of aromatic nitrogens is 2. The molecule has 1 aromatic carbocycles. The summed E-state index contributed by atoms with van der Waals surface area (Å²) in [5.41, 5.74) is 6.47. The van der Waals surface area contributed by atoms with Crippen molar-refractivity contribution >= 4 is 5.69 Å². The number of anilines is 1. The zero-order chi connectivity index (χ0) is 15.9. The van der Waals surface area contributed by atoms with E-state index in [1.807, 2.05) is 24.9 Å². The number of aryl methyl sites for hydroxylation is 2. The zero-order valence-electron chi connectivity index (χ0n) is 13.7. The predicted molar refractivity (Wildman–Crippen MR) is 88.9 cm³/mol. The molecular weight excluding hydrogens is 272 g/mol. The monoisotopic (exact) mass is 294 g/mol. The molecule has 0 saturated heterocycles. The summed E-state index contributed by atoms with van der Waals surface area (Å²) in [6, 6.07) is 7.10. The smallest absolute Gasteiger partial charge is 0.0998 e. The highest BCUT2D eigenvalue weighted by molar-refractivity contribution is 5.77.